The number of ether oxygens (including phenoxy) is 4. The normalized spacial score (nSPS) is 10.2. The second-order valence-corrected chi connectivity index (χ2v) is 16.8. The molecule has 0 spiro atoms. The van der Waals surface area contributed by atoms with Crippen LogP contribution in [0.2, 0.25) is 0 Å². The molecule has 424 valence electrons. The van der Waals surface area contributed by atoms with Crippen LogP contribution in [0.1, 0.15) is 186 Å². The first kappa shape index (κ1) is 66.1. The van der Waals surface area contributed by atoms with Crippen molar-refractivity contribution in [2.45, 2.75) is 103 Å². The minimum Gasteiger partial charge on any atom is -0.478 e. The van der Waals surface area contributed by atoms with Gasteiger partial charge in [-0.1, -0.05) is 51.4 Å². The fourth-order valence-corrected chi connectivity index (χ4v) is 6.48. The number of carboxylic acids is 6. The van der Waals surface area contributed by atoms with Crippen LogP contribution in [0.3, 0.4) is 0 Å². The maximum atomic E-state index is 11.9. The maximum Gasteiger partial charge on any atom is 0.345 e. The van der Waals surface area contributed by atoms with E-state index in [0.29, 0.717) is 37.8 Å². The number of aliphatic carboxylic acids is 2. The van der Waals surface area contributed by atoms with E-state index in [1.54, 1.807) is 0 Å². The van der Waals surface area contributed by atoms with Gasteiger partial charge in [0.25, 0.3) is 0 Å². The van der Waals surface area contributed by atoms with Crippen LogP contribution in [-0.2, 0) is 47.7 Å². The third-order valence-electron chi connectivity index (χ3n) is 10.7. The molecule has 6 N–H and O–H groups in total. The van der Waals surface area contributed by atoms with Gasteiger partial charge in [0.05, 0.1) is 44.5 Å². The first-order chi connectivity index (χ1) is 38.0. The summed E-state index contributed by atoms with van der Waals surface area (Å²) in [5, 5.41) is 51.0. The van der Waals surface area contributed by atoms with E-state index in [1.165, 1.54) is 97.1 Å². The molecule has 0 saturated heterocycles. The van der Waals surface area contributed by atoms with Crippen molar-refractivity contribution in [2.75, 3.05) is 0 Å². The lowest BCUT2D eigenvalue weighted by Gasteiger charge is -2.05. The van der Waals surface area contributed by atoms with Gasteiger partial charge >= 0.3 is 83.6 Å². The van der Waals surface area contributed by atoms with Gasteiger partial charge in [0.2, 0.25) is 0 Å². The molecular weight excluding hydrogens is 1060 g/mol. The molecule has 0 bridgehead atoms. The molecule has 0 fully saturated rings. The summed E-state index contributed by atoms with van der Waals surface area (Å²) in [6, 6.07) is 20.3. The SMILES string of the molecule is O=C(CCCCCCCCC(=O)OC(=O)c1ccc(C(=O)O)cc1)OC(=O)c1ccc(C(=O)O)cc1.O=C(CCCCCCCCC(=O)OC(=O)c1ccc(C(=O)O)cc1)OC(=O)c1ccc(C(=O)O)cc1.O=C(O)/C=C\C(=O)O. The summed E-state index contributed by atoms with van der Waals surface area (Å²) in [5.74, 6) is -13.0. The molecule has 4 rings (SSSR count). The maximum absolute atomic E-state index is 11.9. The first-order valence-electron chi connectivity index (χ1n) is 24.4. The summed E-state index contributed by atoms with van der Waals surface area (Å²) in [7, 11) is 0. The van der Waals surface area contributed by atoms with Gasteiger partial charge in [-0.25, -0.2) is 47.9 Å². The summed E-state index contributed by atoms with van der Waals surface area (Å²) in [6.07, 6.45) is 9.65. The van der Waals surface area contributed by atoms with Crippen molar-refractivity contribution in [3.05, 3.63) is 154 Å². The van der Waals surface area contributed by atoms with Gasteiger partial charge in [0.15, 0.2) is 0 Å². The van der Waals surface area contributed by atoms with Crippen molar-refractivity contribution in [3.63, 3.8) is 0 Å². The van der Waals surface area contributed by atoms with E-state index < -0.39 is 83.6 Å². The Balaban J connectivity index is 0.000000480. The number of carbonyl (C=O) groups excluding carboxylic acids is 8. The van der Waals surface area contributed by atoms with Crippen LogP contribution >= 0.6 is 0 Å². The lowest BCUT2D eigenvalue weighted by atomic mass is 10.1. The number of carbonyl (C=O) groups is 14. The monoisotopic (exact) mass is 1110 g/mol. The Morgan fingerprint density at radius 1 is 0.250 bits per heavy atom. The van der Waals surface area contributed by atoms with Crippen molar-refractivity contribution in [1.82, 2.24) is 0 Å². The van der Waals surface area contributed by atoms with Crippen molar-refractivity contribution in [1.29, 1.82) is 0 Å². The van der Waals surface area contributed by atoms with Gasteiger partial charge in [-0.15, -0.1) is 0 Å². The van der Waals surface area contributed by atoms with E-state index in [0.717, 1.165) is 51.4 Å². The predicted molar refractivity (Wildman–Crippen MR) is 274 cm³/mol. The van der Waals surface area contributed by atoms with Gasteiger partial charge in [0, 0.05) is 37.8 Å². The summed E-state index contributed by atoms with van der Waals surface area (Å²) in [5.41, 5.74) is 0.436. The smallest absolute Gasteiger partial charge is 0.345 e. The quantitative estimate of drug-likeness (QED) is 0.0102. The molecule has 0 atom stereocenters. The largest absolute Gasteiger partial charge is 0.478 e. The molecule has 0 heterocycles. The second kappa shape index (κ2) is 36.1. The van der Waals surface area contributed by atoms with E-state index >= 15 is 0 Å². The van der Waals surface area contributed by atoms with Crippen molar-refractivity contribution < 1.29 is 117 Å². The minimum atomic E-state index is -1.26. The van der Waals surface area contributed by atoms with E-state index in [9.17, 15) is 67.1 Å². The van der Waals surface area contributed by atoms with Crippen LogP contribution in [0.25, 0.3) is 0 Å². The second-order valence-electron chi connectivity index (χ2n) is 16.8. The van der Waals surface area contributed by atoms with Crippen molar-refractivity contribution >= 4 is 83.6 Å². The van der Waals surface area contributed by atoms with E-state index in [4.69, 9.17) is 49.6 Å². The highest BCUT2D eigenvalue weighted by atomic mass is 16.6. The Kier molecular flexibility index (Phi) is 29.8. The summed E-state index contributed by atoms with van der Waals surface area (Å²) >= 11 is 0. The number of unbranched alkanes of at least 4 members (excludes halogenated alkanes) is 10. The van der Waals surface area contributed by atoms with Crippen LogP contribution in [0.4, 0.5) is 0 Å². The average molecular weight is 1110 g/mol. The minimum absolute atomic E-state index is 0.0214. The molecule has 0 saturated carbocycles. The fraction of sp³-hybridized carbons (Fsp3) is 0.286. The summed E-state index contributed by atoms with van der Waals surface area (Å²) in [6.45, 7) is 0. The van der Waals surface area contributed by atoms with Crippen LogP contribution in [0.5, 0.6) is 0 Å². The van der Waals surface area contributed by atoms with Crippen LogP contribution in [0.15, 0.2) is 109 Å². The highest BCUT2D eigenvalue weighted by Gasteiger charge is 2.18. The highest BCUT2D eigenvalue weighted by Crippen LogP contribution is 2.15. The number of hydrogen-bond donors (Lipinski definition) is 6. The van der Waals surface area contributed by atoms with E-state index in [-0.39, 0.29) is 70.2 Å². The number of benzene rings is 4. The Labute approximate surface area is 455 Å². The van der Waals surface area contributed by atoms with Gasteiger partial charge in [-0.05, 0) is 123 Å². The Morgan fingerprint density at radius 3 is 0.550 bits per heavy atom. The zero-order chi connectivity index (χ0) is 59.6. The standard InChI is InChI=1S/2C26H26O10.C4H4O4/c2*27-21(35-25(33)19-13-9-17(10-14-19)23(29)30)7-5-3-1-2-4-6-8-22(28)36-26(34)20-15-11-18(12-16-20)24(31)32;5-3(6)1-2-4(7)8/h2*9-16H,1-8H2,(H,29,30)(H,31,32);1-2H,(H,5,6)(H,7,8)/b;;2-1-. The molecule has 0 radical (unpaired) electrons. The van der Waals surface area contributed by atoms with Crippen LogP contribution in [0, 0.1) is 0 Å². The van der Waals surface area contributed by atoms with Crippen molar-refractivity contribution in [3.8, 4) is 0 Å². The zero-order valence-electron chi connectivity index (χ0n) is 42.7. The summed E-state index contributed by atoms with van der Waals surface area (Å²) < 4.78 is 19.0. The fourth-order valence-electron chi connectivity index (χ4n) is 6.48. The van der Waals surface area contributed by atoms with E-state index in [1.807, 2.05) is 0 Å². The topological polar surface area (TPSA) is 397 Å². The zero-order valence-corrected chi connectivity index (χ0v) is 42.7. The molecule has 0 unspecified atom stereocenters. The lowest BCUT2D eigenvalue weighted by Crippen LogP contribution is -2.12. The molecule has 4 aromatic carbocycles. The molecule has 24 nitrogen and oxygen atoms in total. The molecule has 0 aliphatic rings. The lowest BCUT2D eigenvalue weighted by molar-refractivity contribution is -0.139. The van der Waals surface area contributed by atoms with Gasteiger partial charge in [0.1, 0.15) is 0 Å². The highest BCUT2D eigenvalue weighted by molar-refractivity contribution is 6.00. The summed E-state index contributed by atoms with van der Waals surface area (Å²) in [4.78, 5) is 157. The molecule has 0 amide bonds. The number of rotatable bonds is 28. The molecule has 0 aromatic heterocycles. The number of carboxylic acid groups (broad SMARTS) is 6. The van der Waals surface area contributed by atoms with E-state index in [2.05, 4.69) is 0 Å². The average Bonchev–Trinajstić information content (AvgIpc) is 3.42. The Hall–Kier alpha value is -10.0. The third-order valence-corrected chi connectivity index (χ3v) is 10.7. The van der Waals surface area contributed by atoms with Crippen molar-refractivity contribution in [2.24, 2.45) is 0 Å². The molecular formula is C56H56O24. The number of aromatic carboxylic acids is 4. The van der Waals surface area contributed by atoms with Crippen LogP contribution < -0.4 is 0 Å². The Bertz CT molecular complexity index is 2490. The molecule has 4 aromatic rings. The van der Waals surface area contributed by atoms with Gasteiger partial charge < -0.3 is 49.6 Å². The number of esters is 8. The predicted octanol–water partition coefficient (Wildman–Crippen LogP) is 8.25. The number of hydrogen-bond acceptors (Lipinski definition) is 18. The third kappa shape index (κ3) is 27.7. The Morgan fingerprint density at radius 2 is 0.400 bits per heavy atom. The molecule has 0 aliphatic heterocycles. The van der Waals surface area contributed by atoms with Gasteiger partial charge in [-0.2, -0.15) is 0 Å². The molecule has 80 heavy (non-hydrogen) atoms. The first-order valence-corrected chi connectivity index (χ1v) is 24.4. The van der Waals surface area contributed by atoms with Crippen LogP contribution in [-0.4, -0.2) is 114 Å². The molecule has 24 heteroatoms. The molecule has 0 aliphatic carbocycles. The van der Waals surface area contributed by atoms with Gasteiger partial charge in [-0.3, -0.25) is 19.2 Å².